The summed E-state index contributed by atoms with van der Waals surface area (Å²) in [5.74, 6) is -4.45. The van der Waals surface area contributed by atoms with Crippen LogP contribution in [0.4, 0.5) is 24.5 Å². The number of aliphatic hydroxyl groups is 1. The molecule has 168 valence electrons. The minimum Gasteiger partial charge on any atom is -0.394 e. The third kappa shape index (κ3) is 6.67. The van der Waals surface area contributed by atoms with Crippen molar-refractivity contribution in [2.24, 2.45) is 5.16 Å². The van der Waals surface area contributed by atoms with E-state index in [1.165, 1.54) is 19.2 Å². The molecule has 1 amide bonds. The van der Waals surface area contributed by atoms with Crippen LogP contribution in [0.2, 0.25) is 0 Å². The predicted molar refractivity (Wildman–Crippen MR) is 107 cm³/mol. The van der Waals surface area contributed by atoms with E-state index in [-0.39, 0.29) is 32.1 Å². The summed E-state index contributed by atoms with van der Waals surface area (Å²) in [5.41, 5.74) is 1.05. The van der Waals surface area contributed by atoms with Gasteiger partial charge in [0.05, 0.1) is 43.0 Å². The Balaban J connectivity index is 2.43. The fourth-order valence-corrected chi connectivity index (χ4v) is 2.38. The average molecular weight is 441 g/mol. The van der Waals surface area contributed by atoms with Crippen molar-refractivity contribution in [1.29, 1.82) is 0 Å². The van der Waals surface area contributed by atoms with Gasteiger partial charge in [-0.3, -0.25) is 9.63 Å². The van der Waals surface area contributed by atoms with Crippen molar-refractivity contribution in [3.05, 3.63) is 58.4 Å². The zero-order chi connectivity index (χ0) is 22.8. The summed E-state index contributed by atoms with van der Waals surface area (Å²) >= 11 is 0. The smallest absolute Gasteiger partial charge is 0.277 e. The number of oxime groups is 1. The first kappa shape index (κ1) is 24.1. The lowest BCUT2D eigenvalue weighted by molar-refractivity contribution is 0.0168. The summed E-state index contributed by atoms with van der Waals surface area (Å²) in [6.45, 7) is 1.36. The molecule has 31 heavy (non-hydrogen) atoms. The van der Waals surface area contributed by atoms with E-state index in [9.17, 15) is 18.0 Å². The van der Waals surface area contributed by atoms with Gasteiger partial charge in [0.25, 0.3) is 5.91 Å². The highest BCUT2D eigenvalue weighted by atomic mass is 19.2. The lowest BCUT2D eigenvalue weighted by Gasteiger charge is -2.15. The standard InChI is InChI=1S/C20H22F3N3O5/c1-12-3-4-16(15(21)9-12)25-19-14(20(28)26-31-6-5-27)10-13(17(22)18(19)23)11-24-30-8-7-29-2/h3-4,9-11,25,27H,5-8H2,1-2H3,(H,26,28)/b24-11+. The van der Waals surface area contributed by atoms with E-state index in [0.29, 0.717) is 5.56 Å². The molecule has 0 radical (unpaired) electrons. The molecular formula is C20H22F3N3O5. The number of carbonyl (C=O) groups excluding carboxylic acids is 1. The maximum atomic E-state index is 14.9. The molecule has 11 heteroatoms. The van der Waals surface area contributed by atoms with Gasteiger partial charge in [-0.1, -0.05) is 11.2 Å². The van der Waals surface area contributed by atoms with Gasteiger partial charge in [-0.05, 0) is 30.7 Å². The van der Waals surface area contributed by atoms with Crippen molar-refractivity contribution >= 4 is 23.5 Å². The van der Waals surface area contributed by atoms with Crippen molar-refractivity contribution in [1.82, 2.24) is 5.48 Å². The lowest BCUT2D eigenvalue weighted by Crippen LogP contribution is -2.26. The number of halogens is 3. The minimum absolute atomic E-state index is 0.0752. The van der Waals surface area contributed by atoms with Crippen molar-refractivity contribution in [3.8, 4) is 0 Å². The van der Waals surface area contributed by atoms with E-state index in [4.69, 9.17) is 19.5 Å². The van der Waals surface area contributed by atoms with Gasteiger partial charge in [-0.15, -0.1) is 0 Å². The van der Waals surface area contributed by atoms with Crippen LogP contribution >= 0.6 is 0 Å². The van der Waals surface area contributed by atoms with Gasteiger partial charge < -0.3 is 20.0 Å². The predicted octanol–water partition coefficient (Wildman–Crippen LogP) is 2.81. The first-order valence-electron chi connectivity index (χ1n) is 9.11. The number of anilines is 2. The fourth-order valence-electron chi connectivity index (χ4n) is 2.38. The molecule has 0 aliphatic heterocycles. The number of aliphatic hydroxyl groups excluding tert-OH is 1. The molecule has 0 heterocycles. The van der Waals surface area contributed by atoms with Crippen molar-refractivity contribution in [3.63, 3.8) is 0 Å². The number of methoxy groups -OCH3 is 1. The van der Waals surface area contributed by atoms with Gasteiger partial charge in [0.15, 0.2) is 11.6 Å². The molecule has 2 aromatic rings. The number of amides is 1. The molecule has 0 aromatic heterocycles. The first-order chi connectivity index (χ1) is 14.9. The van der Waals surface area contributed by atoms with Crippen molar-refractivity contribution < 1.29 is 37.5 Å². The number of rotatable bonds is 11. The molecule has 0 spiro atoms. The Hall–Kier alpha value is -3.15. The molecule has 8 nitrogen and oxygen atoms in total. The summed E-state index contributed by atoms with van der Waals surface area (Å²) < 4.78 is 48.4. The summed E-state index contributed by atoms with van der Waals surface area (Å²) in [5, 5.41) is 14.7. The fraction of sp³-hybridized carbons (Fsp3) is 0.300. The maximum absolute atomic E-state index is 14.9. The van der Waals surface area contributed by atoms with E-state index < -0.39 is 40.2 Å². The van der Waals surface area contributed by atoms with Gasteiger partial charge in [-0.2, -0.15) is 0 Å². The minimum atomic E-state index is -1.44. The zero-order valence-electron chi connectivity index (χ0n) is 16.9. The second-order valence-corrected chi connectivity index (χ2v) is 6.19. The third-order valence-corrected chi connectivity index (χ3v) is 3.87. The second-order valence-electron chi connectivity index (χ2n) is 6.19. The number of hydrogen-bond acceptors (Lipinski definition) is 7. The van der Waals surface area contributed by atoms with E-state index >= 15 is 0 Å². The molecule has 0 fully saturated rings. The lowest BCUT2D eigenvalue weighted by atomic mass is 10.1. The van der Waals surface area contributed by atoms with Crippen LogP contribution in [-0.2, 0) is 14.4 Å². The van der Waals surface area contributed by atoms with E-state index in [1.54, 1.807) is 13.0 Å². The number of ether oxygens (including phenoxy) is 1. The molecular weight excluding hydrogens is 419 g/mol. The van der Waals surface area contributed by atoms with E-state index in [0.717, 1.165) is 12.3 Å². The number of nitrogens with zero attached hydrogens (tertiary/aromatic N) is 1. The van der Waals surface area contributed by atoms with Crippen LogP contribution in [0, 0.1) is 24.4 Å². The topological polar surface area (TPSA) is 101 Å². The van der Waals surface area contributed by atoms with E-state index in [2.05, 4.69) is 10.5 Å². The highest BCUT2D eigenvalue weighted by Gasteiger charge is 2.23. The normalized spacial score (nSPS) is 11.0. The van der Waals surface area contributed by atoms with Gasteiger partial charge in [0.1, 0.15) is 12.4 Å². The number of hydrogen-bond donors (Lipinski definition) is 3. The SMILES string of the molecule is COCCO/N=C/c1cc(C(=O)NOCCO)c(Nc2ccc(C)cc2F)c(F)c1F. The number of aryl methyl sites for hydroxylation is 1. The van der Waals surface area contributed by atoms with Crippen LogP contribution in [0.25, 0.3) is 0 Å². The van der Waals surface area contributed by atoms with Gasteiger partial charge >= 0.3 is 0 Å². The molecule has 0 saturated heterocycles. The van der Waals surface area contributed by atoms with Crippen molar-refractivity contribution in [2.45, 2.75) is 6.92 Å². The number of hydroxylamine groups is 1. The molecule has 0 saturated carbocycles. The van der Waals surface area contributed by atoms with Crippen LogP contribution in [0.5, 0.6) is 0 Å². The molecule has 2 rings (SSSR count). The Morgan fingerprint density at radius 1 is 1.16 bits per heavy atom. The molecule has 0 atom stereocenters. The maximum Gasteiger partial charge on any atom is 0.277 e. The Bertz CT molecular complexity index is 941. The number of carbonyl (C=O) groups is 1. The summed E-state index contributed by atoms with van der Waals surface area (Å²) in [6, 6.07) is 5.07. The highest BCUT2D eigenvalue weighted by Crippen LogP contribution is 2.30. The molecule has 0 aliphatic carbocycles. The first-order valence-corrected chi connectivity index (χ1v) is 9.11. The van der Waals surface area contributed by atoms with Crippen LogP contribution in [0.15, 0.2) is 29.4 Å². The van der Waals surface area contributed by atoms with Gasteiger partial charge in [0.2, 0.25) is 0 Å². The molecule has 2 aromatic carbocycles. The van der Waals surface area contributed by atoms with Crippen molar-refractivity contribution in [2.75, 3.05) is 38.9 Å². The summed E-state index contributed by atoms with van der Waals surface area (Å²) in [7, 11) is 1.45. The number of nitrogens with one attached hydrogen (secondary N) is 2. The largest absolute Gasteiger partial charge is 0.394 e. The molecule has 0 aliphatic rings. The summed E-state index contributed by atoms with van der Waals surface area (Å²) in [6.07, 6.45) is 0.885. The van der Waals surface area contributed by atoms with Crippen LogP contribution in [0.1, 0.15) is 21.5 Å². The van der Waals surface area contributed by atoms with Crippen LogP contribution in [0.3, 0.4) is 0 Å². The molecule has 3 N–H and O–H groups in total. The Morgan fingerprint density at radius 3 is 2.61 bits per heavy atom. The van der Waals surface area contributed by atoms with Crippen LogP contribution in [-0.4, -0.2) is 50.8 Å². The summed E-state index contributed by atoms with van der Waals surface area (Å²) in [4.78, 5) is 22.0. The van der Waals surface area contributed by atoms with Crippen LogP contribution < -0.4 is 10.8 Å². The molecule has 0 unspecified atom stereocenters. The zero-order valence-corrected chi connectivity index (χ0v) is 16.9. The Labute approximate surface area is 176 Å². The third-order valence-electron chi connectivity index (χ3n) is 3.87. The Kier molecular flexibility index (Phi) is 9.25. The average Bonchev–Trinajstić information content (AvgIpc) is 2.74. The monoisotopic (exact) mass is 441 g/mol. The number of benzene rings is 2. The molecule has 0 bridgehead atoms. The second kappa shape index (κ2) is 11.9. The highest BCUT2D eigenvalue weighted by molar-refractivity contribution is 6.01. The van der Waals surface area contributed by atoms with E-state index in [1.807, 2.05) is 5.48 Å². The Morgan fingerprint density at radius 2 is 1.94 bits per heavy atom. The quantitative estimate of drug-likeness (QED) is 0.282. The van der Waals surface area contributed by atoms with Gasteiger partial charge in [-0.25, -0.2) is 18.7 Å². The van der Waals surface area contributed by atoms with Gasteiger partial charge in [0, 0.05) is 12.7 Å².